The summed E-state index contributed by atoms with van der Waals surface area (Å²) in [5.41, 5.74) is 0.0902. The number of nitrogens with one attached hydrogen (secondary N) is 1. The van der Waals surface area contributed by atoms with Gasteiger partial charge in [0.1, 0.15) is 11.4 Å². The molecule has 5 nitrogen and oxygen atoms in total. The van der Waals surface area contributed by atoms with Crippen molar-refractivity contribution in [3.63, 3.8) is 0 Å². The molecule has 2 aromatic rings. The number of hydrogen-bond donors (Lipinski definition) is 2. The Morgan fingerprint density at radius 3 is 2.81 bits per heavy atom. The van der Waals surface area contributed by atoms with Crippen LogP contribution in [-0.2, 0) is 4.79 Å². The van der Waals surface area contributed by atoms with E-state index in [1.165, 1.54) is 19.3 Å². The van der Waals surface area contributed by atoms with Crippen molar-refractivity contribution < 1.29 is 9.90 Å². The van der Waals surface area contributed by atoms with E-state index >= 15 is 0 Å². The summed E-state index contributed by atoms with van der Waals surface area (Å²) in [7, 11) is 0. The van der Waals surface area contributed by atoms with Crippen LogP contribution in [0.4, 0.5) is 5.82 Å². The number of carbonyl (C=O) groups excluding carboxylic acids is 1. The molecule has 1 saturated carbocycles. The first-order valence-electron chi connectivity index (χ1n) is 9.63. The zero-order chi connectivity index (χ0) is 19.0. The van der Waals surface area contributed by atoms with E-state index in [0.29, 0.717) is 12.5 Å². The van der Waals surface area contributed by atoms with Gasteiger partial charge >= 0.3 is 0 Å². The summed E-state index contributed by atoms with van der Waals surface area (Å²) in [6.45, 7) is 3.35. The van der Waals surface area contributed by atoms with Crippen LogP contribution >= 0.6 is 11.3 Å². The molecule has 0 unspecified atom stereocenters. The zero-order valence-electron chi connectivity index (χ0n) is 15.8. The van der Waals surface area contributed by atoms with E-state index < -0.39 is 5.60 Å². The number of hydrogen-bond acceptors (Lipinski definition) is 4. The molecule has 3 heterocycles. The SMILES string of the molecule is CC(C)(O)C#Cc1ccc([C@H]2CC(=O)Nc3c2cnn3C2CCCCC2)s1. The summed E-state index contributed by atoms with van der Waals surface area (Å²) >= 11 is 1.59. The Morgan fingerprint density at radius 1 is 1.30 bits per heavy atom. The van der Waals surface area contributed by atoms with E-state index in [0.717, 1.165) is 34.0 Å². The first-order chi connectivity index (χ1) is 12.9. The molecular weight excluding hydrogens is 358 g/mol. The predicted molar refractivity (Wildman–Crippen MR) is 107 cm³/mol. The van der Waals surface area contributed by atoms with Crippen LogP contribution in [0.15, 0.2) is 18.3 Å². The Labute approximate surface area is 163 Å². The van der Waals surface area contributed by atoms with Crippen LogP contribution in [0.25, 0.3) is 0 Å². The highest BCUT2D eigenvalue weighted by atomic mass is 32.1. The second-order valence-electron chi connectivity index (χ2n) is 8.00. The molecule has 4 rings (SSSR count). The molecule has 0 bridgehead atoms. The van der Waals surface area contributed by atoms with E-state index in [-0.39, 0.29) is 11.8 Å². The van der Waals surface area contributed by atoms with Gasteiger partial charge in [-0.05, 0) is 38.8 Å². The van der Waals surface area contributed by atoms with Gasteiger partial charge in [0.05, 0.1) is 17.1 Å². The van der Waals surface area contributed by atoms with Gasteiger partial charge in [0.2, 0.25) is 5.91 Å². The number of amides is 1. The maximum absolute atomic E-state index is 12.4. The first-order valence-corrected chi connectivity index (χ1v) is 10.4. The summed E-state index contributed by atoms with van der Waals surface area (Å²) in [6, 6.07) is 4.40. The Kier molecular flexibility index (Phi) is 4.83. The summed E-state index contributed by atoms with van der Waals surface area (Å²) in [5.74, 6) is 6.82. The van der Waals surface area contributed by atoms with E-state index in [4.69, 9.17) is 0 Å². The maximum Gasteiger partial charge on any atom is 0.226 e. The number of fused-ring (bicyclic) bond motifs is 1. The molecule has 0 radical (unpaired) electrons. The lowest BCUT2D eigenvalue weighted by atomic mass is 9.92. The van der Waals surface area contributed by atoms with Crippen molar-refractivity contribution in [1.82, 2.24) is 9.78 Å². The third kappa shape index (κ3) is 3.95. The van der Waals surface area contributed by atoms with Crippen LogP contribution < -0.4 is 5.32 Å². The highest BCUT2D eigenvalue weighted by molar-refractivity contribution is 7.12. The van der Waals surface area contributed by atoms with Crippen LogP contribution in [0, 0.1) is 11.8 Å². The van der Waals surface area contributed by atoms with Crippen LogP contribution in [0.3, 0.4) is 0 Å². The van der Waals surface area contributed by atoms with Gasteiger partial charge in [-0.1, -0.05) is 31.1 Å². The van der Waals surface area contributed by atoms with Crippen molar-refractivity contribution >= 4 is 23.1 Å². The Balaban J connectivity index is 1.64. The number of nitrogens with zero attached hydrogens (tertiary/aromatic N) is 2. The standard InChI is InChI=1S/C21H25N3O2S/c1-21(2,26)11-10-15-8-9-18(27-15)16-12-19(25)23-20-17(16)13-22-24(20)14-6-4-3-5-7-14/h8-9,13-14,16,26H,3-7,12H2,1-2H3,(H,23,25)/t16-/m0/s1. The number of rotatable bonds is 2. The quantitative estimate of drug-likeness (QED) is 0.769. The van der Waals surface area contributed by atoms with Gasteiger partial charge in [0.15, 0.2) is 0 Å². The second kappa shape index (κ2) is 7.14. The Morgan fingerprint density at radius 2 is 2.07 bits per heavy atom. The topological polar surface area (TPSA) is 67.2 Å². The van der Waals surface area contributed by atoms with Crippen LogP contribution in [0.5, 0.6) is 0 Å². The molecule has 1 aliphatic heterocycles. The molecule has 0 saturated heterocycles. The molecular formula is C21H25N3O2S. The van der Waals surface area contributed by atoms with E-state index in [1.807, 2.05) is 23.0 Å². The minimum absolute atomic E-state index is 0.0220. The largest absolute Gasteiger partial charge is 0.378 e. The fourth-order valence-corrected chi connectivity index (χ4v) is 4.90. The molecule has 6 heteroatoms. The highest BCUT2D eigenvalue weighted by Gasteiger charge is 2.32. The fraction of sp³-hybridized carbons (Fsp3) is 0.524. The number of aromatic nitrogens is 2. The molecule has 142 valence electrons. The van der Waals surface area contributed by atoms with Crippen molar-refractivity contribution in [2.24, 2.45) is 0 Å². The van der Waals surface area contributed by atoms with E-state index in [1.54, 1.807) is 25.2 Å². The number of carbonyl (C=O) groups is 1. The van der Waals surface area contributed by atoms with E-state index in [2.05, 4.69) is 22.3 Å². The average molecular weight is 384 g/mol. The lowest BCUT2D eigenvalue weighted by Gasteiger charge is -2.27. The van der Waals surface area contributed by atoms with Crippen molar-refractivity contribution in [3.05, 3.63) is 33.6 Å². The van der Waals surface area contributed by atoms with Crippen LogP contribution in [-0.4, -0.2) is 26.4 Å². The minimum Gasteiger partial charge on any atom is -0.378 e. The molecule has 1 atom stereocenters. The van der Waals surface area contributed by atoms with Gasteiger partial charge in [0, 0.05) is 22.8 Å². The van der Waals surface area contributed by atoms with Gasteiger partial charge in [-0.15, -0.1) is 11.3 Å². The van der Waals surface area contributed by atoms with Crippen molar-refractivity contribution in [3.8, 4) is 11.8 Å². The van der Waals surface area contributed by atoms with Gasteiger partial charge in [-0.3, -0.25) is 4.79 Å². The van der Waals surface area contributed by atoms with Crippen LogP contribution in [0.1, 0.15) is 79.6 Å². The lowest BCUT2D eigenvalue weighted by molar-refractivity contribution is -0.116. The Hall–Kier alpha value is -2.10. The third-order valence-electron chi connectivity index (χ3n) is 5.23. The monoisotopic (exact) mass is 383 g/mol. The molecule has 1 aliphatic carbocycles. The fourth-order valence-electron chi connectivity index (χ4n) is 3.92. The van der Waals surface area contributed by atoms with Gasteiger partial charge in [-0.2, -0.15) is 5.10 Å². The number of aliphatic hydroxyl groups is 1. The maximum atomic E-state index is 12.4. The van der Waals surface area contributed by atoms with Gasteiger partial charge in [0.25, 0.3) is 0 Å². The van der Waals surface area contributed by atoms with Crippen molar-refractivity contribution in [2.45, 2.75) is 69.9 Å². The molecule has 2 aliphatic rings. The normalized spacial score (nSPS) is 20.6. The molecule has 1 fully saturated rings. The number of thiophene rings is 1. The summed E-state index contributed by atoms with van der Waals surface area (Å²) in [4.78, 5) is 14.4. The van der Waals surface area contributed by atoms with Gasteiger partial charge in [-0.25, -0.2) is 4.68 Å². The van der Waals surface area contributed by atoms with Crippen LogP contribution in [0.2, 0.25) is 0 Å². The summed E-state index contributed by atoms with van der Waals surface area (Å²) in [6.07, 6.45) is 8.36. The molecule has 0 aromatic carbocycles. The Bertz CT molecular complexity index is 904. The van der Waals surface area contributed by atoms with Crippen molar-refractivity contribution in [1.29, 1.82) is 0 Å². The zero-order valence-corrected chi connectivity index (χ0v) is 16.6. The third-order valence-corrected chi connectivity index (χ3v) is 6.34. The molecule has 2 N–H and O–H groups in total. The van der Waals surface area contributed by atoms with Gasteiger partial charge < -0.3 is 10.4 Å². The summed E-state index contributed by atoms with van der Waals surface area (Å²) in [5, 5.41) is 17.5. The first kappa shape index (κ1) is 18.3. The summed E-state index contributed by atoms with van der Waals surface area (Å²) < 4.78 is 2.04. The van der Waals surface area contributed by atoms with Crippen molar-refractivity contribution in [2.75, 3.05) is 5.32 Å². The molecule has 1 amide bonds. The molecule has 27 heavy (non-hydrogen) atoms. The highest BCUT2D eigenvalue weighted by Crippen LogP contribution is 2.42. The predicted octanol–water partition coefficient (Wildman–Crippen LogP) is 4.05. The molecule has 2 aromatic heterocycles. The minimum atomic E-state index is -1.01. The smallest absolute Gasteiger partial charge is 0.226 e. The molecule has 0 spiro atoms. The average Bonchev–Trinajstić information content (AvgIpc) is 3.26. The van der Waals surface area contributed by atoms with E-state index in [9.17, 15) is 9.90 Å². The lowest BCUT2D eigenvalue weighted by Crippen LogP contribution is -2.26. The number of anilines is 1. The second-order valence-corrected chi connectivity index (χ2v) is 9.12.